The Hall–Kier alpha value is -3.41. The van der Waals surface area contributed by atoms with E-state index in [-0.39, 0.29) is 6.10 Å². The molecule has 2 heterocycles. The largest absolute Gasteiger partial charge is 0.459 e. The molecule has 0 amide bonds. The fourth-order valence-corrected chi connectivity index (χ4v) is 4.38. The molecule has 1 fully saturated rings. The molecule has 158 valence electrons. The summed E-state index contributed by atoms with van der Waals surface area (Å²) in [6, 6.07) is 13.7. The van der Waals surface area contributed by atoms with Gasteiger partial charge in [0.1, 0.15) is 23.0 Å². The summed E-state index contributed by atoms with van der Waals surface area (Å²) in [6.45, 7) is 4.12. The molecule has 0 radical (unpaired) electrons. The van der Waals surface area contributed by atoms with Gasteiger partial charge in [-0.15, -0.1) is 0 Å². The molecular weight excluding hydrogens is 388 g/mol. The van der Waals surface area contributed by atoms with Crippen molar-refractivity contribution in [1.82, 2.24) is 14.5 Å². The molecule has 1 aliphatic rings. The Morgan fingerprint density at radius 1 is 1.00 bits per heavy atom. The van der Waals surface area contributed by atoms with Crippen LogP contribution in [0.2, 0.25) is 0 Å². The molecule has 4 aromatic rings. The van der Waals surface area contributed by atoms with Gasteiger partial charge in [0.05, 0.1) is 11.0 Å². The molecule has 2 N–H and O–H groups in total. The van der Waals surface area contributed by atoms with Gasteiger partial charge in [0.15, 0.2) is 5.65 Å². The van der Waals surface area contributed by atoms with Crippen molar-refractivity contribution < 1.29 is 9.53 Å². The van der Waals surface area contributed by atoms with Gasteiger partial charge in [0.25, 0.3) is 0 Å². The van der Waals surface area contributed by atoms with Crippen molar-refractivity contribution in [3.05, 3.63) is 59.2 Å². The van der Waals surface area contributed by atoms with E-state index in [0.717, 1.165) is 48.0 Å². The third kappa shape index (κ3) is 3.42. The van der Waals surface area contributed by atoms with Crippen molar-refractivity contribution in [2.24, 2.45) is 0 Å². The maximum Gasteiger partial charge on any atom is 0.344 e. The summed E-state index contributed by atoms with van der Waals surface area (Å²) in [6.07, 6.45) is 5.10. The average Bonchev–Trinajstić information content (AvgIpc) is 3.05. The molecule has 6 nitrogen and oxygen atoms in total. The SMILES string of the molecule is Cc1ccc(-n2c(N)c(C(=O)OC3CCCCC3)c3nc4ccccc4nc32)cc1C. The number of carbonyl (C=O) groups excluding carboxylic acids is 1. The fourth-order valence-electron chi connectivity index (χ4n) is 4.38. The number of para-hydroxylation sites is 2. The number of anilines is 1. The number of benzene rings is 2. The van der Waals surface area contributed by atoms with Gasteiger partial charge in [-0.1, -0.05) is 24.6 Å². The summed E-state index contributed by atoms with van der Waals surface area (Å²) < 4.78 is 7.69. The first-order valence-corrected chi connectivity index (χ1v) is 10.9. The summed E-state index contributed by atoms with van der Waals surface area (Å²) in [5, 5.41) is 0. The van der Waals surface area contributed by atoms with E-state index in [9.17, 15) is 4.79 Å². The third-order valence-corrected chi connectivity index (χ3v) is 6.28. The van der Waals surface area contributed by atoms with Crippen LogP contribution in [-0.2, 0) is 4.74 Å². The lowest BCUT2D eigenvalue weighted by Gasteiger charge is -2.21. The van der Waals surface area contributed by atoms with Crippen LogP contribution in [0.5, 0.6) is 0 Å². The van der Waals surface area contributed by atoms with E-state index in [1.165, 1.54) is 12.0 Å². The number of ether oxygens (including phenoxy) is 1. The van der Waals surface area contributed by atoms with Gasteiger partial charge in [-0.05, 0) is 74.9 Å². The van der Waals surface area contributed by atoms with Crippen LogP contribution in [0.15, 0.2) is 42.5 Å². The molecule has 2 aromatic carbocycles. The Kier molecular flexibility index (Phi) is 4.85. The molecule has 0 unspecified atom stereocenters. The number of hydrogen-bond donors (Lipinski definition) is 1. The lowest BCUT2D eigenvalue weighted by Crippen LogP contribution is -2.21. The second kappa shape index (κ2) is 7.69. The number of rotatable bonds is 3. The van der Waals surface area contributed by atoms with Crippen LogP contribution in [-0.4, -0.2) is 26.6 Å². The van der Waals surface area contributed by atoms with E-state index in [2.05, 4.69) is 19.9 Å². The van der Waals surface area contributed by atoms with Gasteiger partial charge in [-0.3, -0.25) is 4.57 Å². The summed E-state index contributed by atoms with van der Waals surface area (Å²) in [5.41, 5.74) is 12.6. The van der Waals surface area contributed by atoms with Gasteiger partial charge in [-0.25, -0.2) is 14.8 Å². The molecule has 1 saturated carbocycles. The first-order chi connectivity index (χ1) is 15.0. The highest BCUT2D eigenvalue weighted by Crippen LogP contribution is 2.33. The molecule has 2 aromatic heterocycles. The summed E-state index contributed by atoms with van der Waals surface area (Å²) >= 11 is 0. The lowest BCUT2D eigenvalue weighted by molar-refractivity contribution is 0.0214. The molecule has 0 bridgehead atoms. The highest BCUT2D eigenvalue weighted by molar-refractivity contribution is 6.09. The minimum atomic E-state index is -0.415. The number of hydrogen-bond acceptors (Lipinski definition) is 5. The number of aryl methyl sites for hydroxylation is 2. The van der Waals surface area contributed by atoms with Crippen molar-refractivity contribution in [1.29, 1.82) is 0 Å². The zero-order valence-electron chi connectivity index (χ0n) is 17.9. The maximum atomic E-state index is 13.3. The van der Waals surface area contributed by atoms with Gasteiger partial charge in [0, 0.05) is 5.69 Å². The molecule has 5 rings (SSSR count). The molecule has 0 aliphatic heterocycles. The molecule has 0 atom stereocenters. The Morgan fingerprint density at radius 2 is 1.71 bits per heavy atom. The van der Waals surface area contributed by atoms with E-state index in [1.807, 2.05) is 41.0 Å². The number of aromatic nitrogens is 3. The van der Waals surface area contributed by atoms with Crippen LogP contribution in [0, 0.1) is 13.8 Å². The molecule has 1 aliphatic carbocycles. The smallest absolute Gasteiger partial charge is 0.344 e. The Labute approximate surface area is 181 Å². The van der Waals surface area contributed by atoms with Gasteiger partial charge in [-0.2, -0.15) is 0 Å². The van der Waals surface area contributed by atoms with Gasteiger partial charge < -0.3 is 10.5 Å². The van der Waals surface area contributed by atoms with Crippen LogP contribution < -0.4 is 5.73 Å². The first kappa shape index (κ1) is 19.5. The molecule has 31 heavy (non-hydrogen) atoms. The zero-order chi connectivity index (χ0) is 21.5. The normalized spacial score (nSPS) is 14.9. The predicted molar refractivity (Wildman–Crippen MR) is 123 cm³/mol. The summed E-state index contributed by atoms with van der Waals surface area (Å²) in [7, 11) is 0. The van der Waals surface area contributed by atoms with Crippen LogP contribution in [0.3, 0.4) is 0 Å². The van der Waals surface area contributed by atoms with E-state index in [4.69, 9.17) is 20.4 Å². The second-order valence-electron chi connectivity index (χ2n) is 8.41. The number of nitrogens with two attached hydrogens (primary N) is 1. The van der Waals surface area contributed by atoms with E-state index < -0.39 is 5.97 Å². The monoisotopic (exact) mass is 414 g/mol. The zero-order valence-corrected chi connectivity index (χ0v) is 17.9. The maximum absolute atomic E-state index is 13.3. The van der Waals surface area contributed by atoms with E-state index in [0.29, 0.717) is 22.5 Å². The van der Waals surface area contributed by atoms with Crippen LogP contribution in [0.4, 0.5) is 5.82 Å². The van der Waals surface area contributed by atoms with Crippen molar-refractivity contribution in [2.75, 3.05) is 5.73 Å². The van der Waals surface area contributed by atoms with Crippen molar-refractivity contribution in [3.63, 3.8) is 0 Å². The number of nitrogens with zero attached hydrogens (tertiary/aromatic N) is 3. The van der Waals surface area contributed by atoms with Crippen molar-refractivity contribution in [2.45, 2.75) is 52.1 Å². The lowest BCUT2D eigenvalue weighted by atomic mass is 9.98. The quantitative estimate of drug-likeness (QED) is 0.462. The van der Waals surface area contributed by atoms with Crippen LogP contribution >= 0.6 is 0 Å². The second-order valence-corrected chi connectivity index (χ2v) is 8.41. The molecule has 0 spiro atoms. The van der Waals surface area contributed by atoms with Gasteiger partial charge in [0.2, 0.25) is 0 Å². The number of fused-ring (bicyclic) bond motifs is 2. The first-order valence-electron chi connectivity index (χ1n) is 10.9. The van der Waals surface area contributed by atoms with E-state index in [1.54, 1.807) is 0 Å². The molecule has 0 saturated heterocycles. The Bertz CT molecular complexity index is 1300. The van der Waals surface area contributed by atoms with Crippen LogP contribution in [0.25, 0.3) is 27.9 Å². The summed E-state index contributed by atoms with van der Waals surface area (Å²) in [4.78, 5) is 22.9. The standard InChI is InChI=1S/C25H26N4O2/c1-15-12-13-17(14-16(15)2)29-23(26)21(25(30)31-18-8-4-3-5-9-18)22-24(29)28-20-11-7-6-10-19(20)27-22/h6-7,10-14,18H,3-5,8-9,26H2,1-2H3. The number of nitrogen functional groups attached to an aromatic ring is 1. The topological polar surface area (TPSA) is 83.0 Å². The third-order valence-electron chi connectivity index (χ3n) is 6.28. The molecular formula is C25H26N4O2. The molecule has 6 heteroatoms. The van der Waals surface area contributed by atoms with E-state index >= 15 is 0 Å². The van der Waals surface area contributed by atoms with Crippen molar-refractivity contribution >= 4 is 34.0 Å². The van der Waals surface area contributed by atoms with Crippen molar-refractivity contribution in [3.8, 4) is 5.69 Å². The predicted octanol–water partition coefficient (Wildman–Crippen LogP) is 5.26. The van der Waals surface area contributed by atoms with Crippen LogP contribution in [0.1, 0.15) is 53.6 Å². The Morgan fingerprint density at radius 3 is 2.42 bits per heavy atom. The minimum absolute atomic E-state index is 0.0610. The highest BCUT2D eigenvalue weighted by atomic mass is 16.5. The minimum Gasteiger partial charge on any atom is -0.459 e. The Balaban J connectivity index is 1.72. The summed E-state index contributed by atoms with van der Waals surface area (Å²) in [5.74, 6) is -0.101. The number of carbonyl (C=O) groups is 1. The average molecular weight is 415 g/mol. The number of esters is 1. The fraction of sp³-hybridized carbons (Fsp3) is 0.320. The van der Waals surface area contributed by atoms with Gasteiger partial charge >= 0.3 is 5.97 Å². The highest BCUT2D eigenvalue weighted by Gasteiger charge is 2.28.